The van der Waals surface area contributed by atoms with Crippen molar-refractivity contribution >= 4 is 17.5 Å². The summed E-state index contributed by atoms with van der Waals surface area (Å²) in [5.74, 6) is -0.217. The van der Waals surface area contributed by atoms with Crippen LogP contribution in [0.1, 0.15) is 32.8 Å². The second kappa shape index (κ2) is 5.39. The molecule has 0 fully saturated rings. The third-order valence-corrected chi connectivity index (χ3v) is 3.93. The molecule has 114 valence electrons. The van der Waals surface area contributed by atoms with Gasteiger partial charge in [-0.1, -0.05) is 13.0 Å². The highest BCUT2D eigenvalue weighted by atomic mass is 16.5. The quantitative estimate of drug-likeness (QED) is 0.867. The molecule has 1 aliphatic rings. The molecular formula is C16H22N2O3. The Kier molecular flexibility index (Phi) is 3.94. The molecule has 0 aromatic heterocycles. The van der Waals surface area contributed by atoms with E-state index in [1.165, 1.54) is 11.8 Å². The minimum atomic E-state index is -1.53. The van der Waals surface area contributed by atoms with Gasteiger partial charge in [-0.05, 0) is 44.9 Å². The van der Waals surface area contributed by atoms with Crippen LogP contribution >= 0.6 is 0 Å². The van der Waals surface area contributed by atoms with E-state index >= 15 is 0 Å². The fourth-order valence-corrected chi connectivity index (χ4v) is 2.28. The Labute approximate surface area is 125 Å². The number of hydrogen-bond donors (Lipinski definition) is 1. The van der Waals surface area contributed by atoms with E-state index in [0.29, 0.717) is 11.4 Å². The van der Waals surface area contributed by atoms with Crippen LogP contribution in [0.25, 0.3) is 0 Å². The van der Waals surface area contributed by atoms with Gasteiger partial charge in [0.25, 0.3) is 17.4 Å². The zero-order valence-electron chi connectivity index (χ0n) is 13.2. The van der Waals surface area contributed by atoms with Crippen molar-refractivity contribution < 1.29 is 14.3 Å². The van der Waals surface area contributed by atoms with Crippen LogP contribution in [0.15, 0.2) is 18.2 Å². The zero-order valence-corrected chi connectivity index (χ0v) is 13.2. The average Bonchev–Trinajstić information content (AvgIpc) is 2.45. The summed E-state index contributed by atoms with van der Waals surface area (Å²) >= 11 is 0. The topological polar surface area (TPSA) is 58.6 Å². The molecule has 2 atom stereocenters. The molecule has 1 N–H and O–H groups in total. The summed E-state index contributed by atoms with van der Waals surface area (Å²) in [6, 6.07) is 5.56. The number of aryl methyl sites for hydroxylation is 1. The first-order valence-electron chi connectivity index (χ1n) is 7.18. The Bertz CT molecular complexity index is 585. The van der Waals surface area contributed by atoms with Gasteiger partial charge in [-0.15, -0.1) is 0 Å². The molecule has 0 radical (unpaired) electrons. The van der Waals surface area contributed by atoms with Crippen LogP contribution in [0.5, 0.6) is 5.75 Å². The normalized spacial score (nSPS) is 22.3. The van der Waals surface area contributed by atoms with Crippen LogP contribution in [0, 0.1) is 6.92 Å². The molecule has 2 unspecified atom stereocenters. The third-order valence-electron chi connectivity index (χ3n) is 3.93. The van der Waals surface area contributed by atoms with Gasteiger partial charge in [-0.25, -0.2) is 0 Å². The number of ether oxygens (including phenoxy) is 1. The molecule has 0 bridgehead atoms. The lowest BCUT2D eigenvalue weighted by molar-refractivity contribution is -0.148. The molecule has 0 saturated carbocycles. The maximum Gasteiger partial charge on any atom is 0.280 e. The molecule has 1 aliphatic heterocycles. The van der Waals surface area contributed by atoms with Gasteiger partial charge in [0.1, 0.15) is 5.75 Å². The van der Waals surface area contributed by atoms with E-state index in [0.717, 1.165) is 12.0 Å². The Morgan fingerprint density at radius 2 is 2.14 bits per heavy atom. The van der Waals surface area contributed by atoms with E-state index in [-0.39, 0.29) is 11.9 Å². The van der Waals surface area contributed by atoms with E-state index in [1.807, 2.05) is 32.9 Å². The second-order valence-corrected chi connectivity index (χ2v) is 5.75. The number of nitrogens with one attached hydrogen (secondary N) is 1. The van der Waals surface area contributed by atoms with Crippen LogP contribution < -0.4 is 15.0 Å². The second-order valence-electron chi connectivity index (χ2n) is 5.75. The molecule has 2 rings (SSSR count). The maximum atomic E-state index is 12.6. The first-order chi connectivity index (χ1) is 9.79. The molecule has 21 heavy (non-hydrogen) atoms. The first kappa shape index (κ1) is 15.4. The van der Waals surface area contributed by atoms with Gasteiger partial charge in [0.05, 0.1) is 5.69 Å². The average molecular weight is 290 g/mol. The Morgan fingerprint density at radius 3 is 2.76 bits per heavy atom. The molecule has 5 nitrogen and oxygen atoms in total. The van der Waals surface area contributed by atoms with Crippen molar-refractivity contribution in [1.82, 2.24) is 5.32 Å². The Hall–Kier alpha value is -2.04. The first-order valence-corrected chi connectivity index (χ1v) is 7.18. The van der Waals surface area contributed by atoms with Crippen molar-refractivity contribution in [2.75, 3.05) is 11.9 Å². The highest BCUT2D eigenvalue weighted by Crippen LogP contribution is 2.37. The van der Waals surface area contributed by atoms with E-state index in [4.69, 9.17) is 4.74 Å². The van der Waals surface area contributed by atoms with Crippen LogP contribution in [-0.4, -0.2) is 30.5 Å². The molecule has 0 aliphatic carbocycles. The maximum absolute atomic E-state index is 12.6. The standard InChI is InChI=1S/C16H22N2O3/c1-6-11(3)17-14(19)16(4)15(20)18(5)12-9-10(2)7-8-13(12)21-16/h7-9,11H,6H2,1-5H3,(H,17,19). The van der Waals surface area contributed by atoms with Gasteiger partial charge in [-0.3, -0.25) is 9.59 Å². The van der Waals surface area contributed by atoms with E-state index in [9.17, 15) is 9.59 Å². The molecule has 0 spiro atoms. The largest absolute Gasteiger partial charge is 0.466 e. The van der Waals surface area contributed by atoms with Gasteiger partial charge in [-0.2, -0.15) is 0 Å². The van der Waals surface area contributed by atoms with Crippen molar-refractivity contribution in [3.05, 3.63) is 23.8 Å². The van der Waals surface area contributed by atoms with E-state index < -0.39 is 11.5 Å². The summed E-state index contributed by atoms with van der Waals surface area (Å²) in [5.41, 5.74) is 0.193. The number of fused-ring (bicyclic) bond motifs is 1. The number of anilines is 1. The van der Waals surface area contributed by atoms with Crippen molar-refractivity contribution in [3.63, 3.8) is 0 Å². The molecule has 1 aromatic carbocycles. The molecule has 5 heteroatoms. The van der Waals surface area contributed by atoms with Gasteiger partial charge in [0, 0.05) is 13.1 Å². The number of carbonyl (C=O) groups excluding carboxylic acids is 2. The number of hydrogen-bond acceptors (Lipinski definition) is 3. The summed E-state index contributed by atoms with van der Waals surface area (Å²) in [4.78, 5) is 26.5. The predicted molar refractivity (Wildman–Crippen MR) is 81.5 cm³/mol. The van der Waals surface area contributed by atoms with Crippen molar-refractivity contribution in [2.24, 2.45) is 0 Å². The molecule has 1 aromatic rings. The Morgan fingerprint density at radius 1 is 1.48 bits per heavy atom. The summed E-state index contributed by atoms with van der Waals surface area (Å²) in [6.07, 6.45) is 0.793. The van der Waals surface area contributed by atoms with Gasteiger partial charge in [0.15, 0.2) is 0 Å². The molecular weight excluding hydrogens is 268 g/mol. The third kappa shape index (κ3) is 2.60. The number of nitrogens with zero attached hydrogens (tertiary/aromatic N) is 1. The molecule has 2 amide bonds. The van der Waals surface area contributed by atoms with Crippen LogP contribution in [0.3, 0.4) is 0 Å². The monoisotopic (exact) mass is 290 g/mol. The summed E-state index contributed by atoms with van der Waals surface area (Å²) in [7, 11) is 1.66. The van der Waals surface area contributed by atoms with Gasteiger partial charge < -0.3 is 15.0 Å². The zero-order chi connectivity index (χ0) is 15.8. The fraction of sp³-hybridized carbons (Fsp3) is 0.500. The highest BCUT2D eigenvalue weighted by Gasteiger charge is 2.49. The highest BCUT2D eigenvalue weighted by molar-refractivity contribution is 6.16. The smallest absolute Gasteiger partial charge is 0.280 e. The Balaban J connectivity index is 2.36. The number of benzene rings is 1. The summed E-state index contributed by atoms with van der Waals surface area (Å²) in [6.45, 7) is 7.34. The number of carbonyl (C=O) groups is 2. The SMILES string of the molecule is CCC(C)NC(=O)C1(C)Oc2ccc(C)cc2N(C)C1=O. The number of rotatable bonds is 3. The van der Waals surface area contributed by atoms with Gasteiger partial charge in [0.2, 0.25) is 0 Å². The predicted octanol–water partition coefficient (Wildman–Crippen LogP) is 2.02. The minimum absolute atomic E-state index is 0.00422. The minimum Gasteiger partial charge on any atom is -0.466 e. The molecule has 1 heterocycles. The van der Waals surface area contributed by atoms with E-state index in [1.54, 1.807) is 13.1 Å². The number of amides is 2. The van der Waals surface area contributed by atoms with Gasteiger partial charge >= 0.3 is 0 Å². The lowest BCUT2D eigenvalue weighted by Gasteiger charge is -2.38. The van der Waals surface area contributed by atoms with Crippen molar-refractivity contribution in [1.29, 1.82) is 0 Å². The van der Waals surface area contributed by atoms with Crippen LogP contribution in [0.2, 0.25) is 0 Å². The van der Waals surface area contributed by atoms with Crippen molar-refractivity contribution in [2.45, 2.75) is 45.8 Å². The fourth-order valence-electron chi connectivity index (χ4n) is 2.28. The van der Waals surface area contributed by atoms with Crippen LogP contribution in [-0.2, 0) is 9.59 Å². The van der Waals surface area contributed by atoms with Crippen LogP contribution in [0.4, 0.5) is 5.69 Å². The van der Waals surface area contributed by atoms with Crippen molar-refractivity contribution in [3.8, 4) is 5.75 Å². The number of likely N-dealkylation sites (N-methyl/N-ethyl adjacent to an activating group) is 1. The summed E-state index contributed by atoms with van der Waals surface area (Å²) in [5, 5.41) is 2.82. The summed E-state index contributed by atoms with van der Waals surface area (Å²) < 4.78 is 5.76. The lowest BCUT2D eigenvalue weighted by atomic mass is 9.99. The van der Waals surface area contributed by atoms with E-state index in [2.05, 4.69) is 5.32 Å². The lowest BCUT2D eigenvalue weighted by Crippen LogP contribution is -2.62. The molecule has 0 saturated heterocycles.